The molecule has 0 spiro atoms. The average molecular weight is 406 g/mol. The molecule has 0 radical (unpaired) electrons. The first-order valence-corrected chi connectivity index (χ1v) is 9.91. The van der Waals surface area contributed by atoms with Crippen molar-refractivity contribution in [3.05, 3.63) is 41.2 Å². The molecule has 3 rings (SSSR count). The van der Waals surface area contributed by atoms with Crippen molar-refractivity contribution in [3.8, 4) is 11.5 Å². The molecule has 0 aliphatic rings. The van der Waals surface area contributed by atoms with Crippen LogP contribution in [-0.2, 0) is 18.4 Å². The van der Waals surface area contributed by atoms with Gasteiger partial charge in [-0.3, -0.25) is 4.79 Å². The third-order valence-electron chi connectivity index (χ3n) is 3.61. The predicted molar refractivity (Wildman–Crippen MR) is 105 cm³/mol. The van der Waals surface area contributed by atoms with E-state index in [9.17, 15) is 4.79 Å². The van der Waals surface area contributed by atoms with Crippen LogP contribution in [0.5, 0.6) is 11.5 Å². The predicted octanol–water partition coefficient (Wildman–Crippen LogP) is 2.90. The molecule has 0 saturated heterocycles. The molecule has 2 aromatic heterocycles. The molecule has 3 aromatic rings. The molecule has 27 heavy (non-hydrogen) atoms. The summed E-state index contributed by atoms with van der Waals surface area (Å²) >= 11 is 2.68. The molecule has 0 aliphatic heterocycles. The lowest BCUT2D eigenvalue weighted by atomic mass is 10.2. The average Bonchev–Trinajstić information content (AvgIpc) is 3.29. The number of anilines is 1. The fourth-order valence-electron chi connectivity index (χ4n) is 2.20. The quantitative estimate of drug-likeness (QED) is 0.576. The van der Waals surface area contributed by atoms with Gasteiger partial charge in [-0.2, -0.15) is 0 Å². The largest absolute Gasteiger partial charge is 0.493 e. The molecule has 0 unspecified atom stereocenters. The van der Waals surface area contributed by atoms with Crippen LogP contribution in [0.2, 0.25) is 0 Å². The Bertz CT molecular complexity index is 911. The molecular formula is C17H19N5O3S2. The van der Waals surface area contributed by atoms with E-state index in [4.69, 9.17) is 9.47 Å². The van der Waals surface area contributed by atoms with Crippen molar-refractivity contribution in [2.45, 2.75) is 18.7 Å². The number of carbonyl (C=O) groups excluding carboxylic acids is 1. The van der Waals surface area contributed by atoms with E-state index in [2.05, 4.69) is 20.5 Å². The molecule has 0 fully saturated rings. The summed E-state index contributed by atoms with van der Waals surface area (Å²) in [5.41, 5.74) is 1.09. The monoisotopic (exact) mass is 405 g/mol. The number of carbonyl (C=O) groups is 1. The third-order valence-corrected chi connectivity index (χ3v) is 5.32. The Balaban J connectivity index is 1.56. The van der Waals surface area contributed by atoms with Crippen molar-refractivity contribution in [2.75, 3.05) is 18.2 Å². The van der Waals surface area contributed by atoms with Crippen molar-refractivity contribution in [1.82, 2.24) is 19.7 Å². The number of thioether (sulfide) groups is 1. The van der Waals surface area contributed by atoms with Gasteiger partial charge in [0.15, 0.2) is 27.6 Å². The van der Waals surface area contributed by atoms with Gasteiger partial charge in [0.05, 0.1) is 12.9 Å². The van der Waals surface area contributed by atoms with E-state index in [0.29, 0.717) is 27.6 Å². The minimum absolute atomic E-state index is 0.139. The fourth-order valence-corrected chi connectivity index (χ4v) is 3.48. The van der Waals surface area contributed by atoms with Crippen LogP contribution in [0.15, 0.2) is 34.9 Å². The van der Waals surface area contributed by atoms with Gasteiger partial charge in [0.1, 0.15) is 6.61 Å². The summed E-state index contributed by atoms with van der Waals surface area (Å²) in [6.07, 6.45) is 1.64. The van der Waals surface area contributed by atoms with Gasteiger partial charge in [0, 0.05) is 18.6 Å². The number of hydrogen-bond acceptors (Lipinski definition) is 8. The topological polar surface area (TPSA) is 91.2 Å². The maximum atomic E-state index is 11.9. The number of nitrogens with zero attached hydrogens (tertiary/aromatic N) is 4. The van der Waals surface area contributed by atoms with Crippen molar-refractivity contribution in [2.24, 2.45) is 7.05 Å². The minimum Gasteiger partial charge on any atom is -0.493 e. The van der Waals surface area contributed by atoms with E-state index < -0.39 is 0 Å². The van der Waals surface area contributed by atoms with Crippen LogP contribution in [0.4, 0.5) is 5.13 Å². The highest BCUT2D eigenvalue weighted by molar-refractivity contribution is 7.99. The summed E-state index contributed by atoms with van der Waals surface area (Å²) in [4.78, 5) is 16.0. The van der Waals surface area contributed by atoms with Gasteiger partial charge < -0.3 is 19.4 Å². The van der Waals surface area contributed by atoms with Gasteiger partial charge in [0.25, 0.3) is 0 Å². The Morgan fingerprint density at radius 1 is 1.33 bits per heavy atom. The number of benzene rings is 1. The Hall–Kier alpha value is -2.59. The van der Waals surface area contributed by atoms with Crippen LogP contribution in [0.1, 0.15) is 11.4 Å². The number of amides is 1. The van der Waals surface area contributed by atoms with Gasteiger partial charge in [-0.15, -0.1) is 21.5 Å². The number of aromatic nitrogens is 4. The Kier molecular flexibility index (Phi) is 6.30. The van der Waals surface area contributed by atoms with Crippen LogP contribution in [0.3, 0.4) is 0 Å². The van der Waals surface area contributed by atoms with Gasteiger partial charge in [-0.05, 0) is 24.6 Å². The summed E-state index contributed by atoms with van der Waals surface area (Å²) in [5.74, 6) is 2.05. The lowest BCUT2D eigenvalue weighted by Crippen LogP contribution is -2.14. The van der Waals surface area contributed by atoms with Crippen molar-refractivity contribution in [1.29, 1.82) is 0 Å². The summed E-state index contributed by atoms with van der Waals surface area (Å²) in [6, 6.07) is 5.73. The van der Waals surface area contributed by atoms with Crippen molar-refractivity contribution >= 4 is 34.1 Å². The van der Waals surface area contributed by atoms with Crippen LogP contribution in [-0.4, -0.2) is 38.5 Å². The van der Waals surface area contributed by atoms with Crippen LogP contribution >= 0.6 is 23.1 Å². The number of thiazole rings is 1. The minimum atomic E-state index is -0.139. The standard InChI is InChI=1S/C17H19N5O3S2/c1-11-4-5-12(13(8-11)24-3)25-9-14-20-21-17(22(14)2)27-10-15(23)19-16-18-6-7-26-16/h4-8H,9-10H2,1-3H3,(H,18,19,23). The van der Waals surface area contributed by atoms with Crippen LogP contribution in [0.25, 0.3) is 0 Å². The molecule has 10 heteroatoms. The molecule has 1 N–H and O–H groups in total. The summed E-state index contributed by atoms with van der Waals surface area (Å²) in [5, 5.41) is 14.0. The number of methoxy groups -OCH3 is 1. The van der Waals surface area contributed by atoms with E-state index in [0.717, 1.165) is 5.56 Å². The fraction of sp³-hybridized carbons (Fsp3) is 0.294. The molecule has 1 amide bonds. The number of hydrogen-bond donors (Lipinski definition) is 1. The molecular weight excluding hydrogens is 386 g/mol. The number of ether oxygens (including phenoxy) is 2. The summed E-state index contributed by atoms with van der Waals surface area (Å²) in [6.45, 7) is 2.23. The zero-order valence-corrected chi connectivity index (χ0v) is 16.8. The Morgan fingerprint density at radius 2 is 2.19 bits per heavy atom. The molecule has 0 bridgehead atoms. The van der Waals surface area contributed by atoms with Crippen LogP contribution in [0, 0.1) is 6.92 Å². The van der Waals surface area contributed by atoms with E-state index in [1.165, 1.54) is 23.1 Å². The van der Waals surface area contributed by atoms with Gasteiger partial charge in [0.2, 0.25) is 5.91 Å². The second-order valence-corrected chi connectivity index (χ2v) is 7.41. The second-order valence-electron chi connectivity index (χ2n) is 5.57. The first-order valence-electron chi connectivity index (χ1n) is 8.04. The Labute approximate surface area is 164 Å². The van der Waals surface area contributed by atoms with E-state index in [1.54, 1.807) is 18.7 Å². The zero-order valence-electron chi connectivity index (χ0n) is 15.1. The van der Waals surface area contributed by atoms with Gasteiger partial charge >= 0.3 is 0 Å². The molecule has 0 aliphatic carbocycles. The third kappa shape index (κ3) is 4.98. The molecule has 8 nitrogen and oxygen atoms in total. The first kappa shape index (κ1) is 19.2. The second kappa shape index (κ2) is 8.87. The molecule has 0 atom stereocenters. The van der Waals surface area contributed by atoms with E-state index >= 15 is 0 Å². The highest BCUT2D eigenvalue weighted by Crippen LogP contribution is 2.28. The maximum Gasteiger partial charge on any atom is 0.236 e. The number of aryl methyl sites for hydroxylation is 1. The highest BCUT2D eigenvalue weighted by atomic mass is 32.2. The molecule has 0 saturated carbocycles. The number of rotatable bonds is 8. The lowest BCUT2D eigenvalue weighted by Gasteiger charge is -2.11. The SMILES string of the molecule is COc1cc(C)ccc1OCc1nnc(SCC(=O)Nc2nccs2)n1C. The van der Waals surface area contributed by atoms with Gasteiger partial charge in [-0.1, -0.05) is 17.8 Å². The lowest BCUT2D eigenvalue weighted by molar-refractivity contribution is -0.113. The molecule has 2 heterocycles. The van der Waals surface area contributed by atoms with E-state index in [-0.39, 0.29) is 18.3 Å². The summed E-state index contributed by atoms with van der Waals surface area (Å²) < 4.78 is 13.0. The molecule has 1 aromatic carbocycles. The summed E-state index contributed by atoms with van der Waals surface area (Å²) in [7, 11) is 3.45. The smallest absolute Gasteiger partial charge is 0.236 e. The zero-order chi connectivity index (χ0) is 19.2. The number of nitrogens with one attached hydrogen (secondary N) is 1. The highest BCUT2D eigenvalue weighted by Gasteiger charge is 2.13. The van der Waals surface area contributed by atoms with E-state index in [1.807, 2.05) is 36.7 Å². The van der Waals surface area contributed by atoms with Gasteiger partial charge in [-0.25, -0.2) is 4.98 Å². The normalized spacial score (nSPS) is 10.6. The Morgan fingerprint density at radius 3 is 2.93 bits per heavy atom. The van der Waals surface area contributed by atoms with Crippen LogP contribution < -0.4 is 14.8 Å². The van der Waals surface area contributed by atoms with Crippen molar-refractivity contribution < 1.29 is 14.3 Å². The molecule has 142 valence electrons. The first-order chi connectivity index (χ1) is 13.1. The maximum absolute atomic E-state index is 11.9. The van der Waals surface area contributed by atoms with Crippen molar-refractivity contribution in [3.63, 3.8) is 0 Å².